The van der Waals surface area contributed by atoms with Gasteiger partial charge in [0.2, 0.25) is 5.91 Å². The lowest BCUT2D eigenvalue weighted by atomic mass is 9.98. The number of ether oxygens (including phenoxy) is 2. The van der Waals surface area contributed by atoms with E-state index >= 15 is 0 Å². The number of hydrogen-bond acceptors (Lipinski definition) is 9. The van der Waals surface area contributed by atoms with Crippen LogP contribution in [0.4, 0.5) is 15.3 Å². The molecule has 15 nitrogen and oxygen atoms in total. The number of rotatable bonds is 11. The standard InChI is InChI=1S/C33H41N5O6.C14H25NO3.CH4/c1-21-8-13-36(14-9-21)30(39)28(20-23-18-22(2)29-27(19-23)43-32(41)35(29)3)44-33(42)37-15-11-25(12-16-37)38-17-10-24-6-4-5-7-26(24)34-31(38)40;1-3-4-11-18-14(17)6-5-13(16)15-9-7-12(2)8-10-15;/h4-7,18-19,21,25,28H,8-17,20H2,1-3H3,(H,34,40);12H,3-11H2,1-2H3;1H4/t28-;;/m1../s1. The zero-order chi connectivity index (χ0) is 44.3. The molecule has 0 spiro atoms. The third-order valence-corrected chi connectivity index (χ3v) is 12.9. The SMILES string of the molecule is C.CCCCOC(=O)CCC(=O)N1CCC(C)CC1.Cc1cc(C[C@@H](OC(=O)N2CCC(N3CCc4ccccc4NC3=O)CC2)C(=O)N2CCC(C)CC2)cc2oc(=O)n(C)c12. The van der Waals surface area contributed by atoms with Gasteiger partial charge in [0, 0.05) is 77.4 Å². The molecule has 0 saturated carbocycles. The van der Waals surface area contributed by atoms with Crippen molar-refractivity contribution in [2.45, 2.75) is 124 Å². The number of piperidine rings is 3. The minimum Gasteiger partial charge on any atom is -0.466 e. The van der Waals surface area contributed by atoms with Crippen LogP contribution < -0.4 is 11.1 Å². The number of benzene rings is 2. The van der Waals surface area contributed by atoms with E-state index in [0.29, 0.717) is 81.5 Å². The quantitative estimate of drug-likeness (QED) is 0.154. The summed E-state index contributed by atoms with van der Waals surface area (Å²) in [5, 5.41) is 3.03. The van der Waals surface area contributed by atoms with Crippen molar-refractivity contribution in [1.29, 1.82) is 0 Å². The van der Waals surface area contributed by atoms with Crippen LogP contribution >= 0.6 is 0 Å². The summed E-state index contributed by atoms with van der Waals surface area (Å²) in [5.74, 6) is 0.456. The second-order valence-corrected chi connectivity index (χ2v) is 17.7. The molecule has 63 heavy (non-hydrogen) atoms. The molecule has 4 aliphatic rings. The zero-order valence-electron chi connectivity index (χ0n) is 37.3. The number of anilines is 1. The van der Waals surface area contributed by atoms with Gasteiger partial charge in [-0.15, -0.1) is 0 Å². The van der Waals surface area contributed by atoms with Gasteiger partial charge in [0.25, 0.3) is 5.91 Å². The number of amides is 5. The number of carbonyl (C=O) groups is 5. The van der Waals surface area contributed by atoms with Gasteiger partial charge in [-0.25, -0.2) is 14.4 Å². The normalized spacial score (nSPS) is 18.0. The van der Waals surface area contributed by atoms with Crippen molar-refractivity contribution in [3.63, 3.8) is 0 Å². The molecule has 4 aliphatic heterocycles. The number of unbranched alkanes of at least 4 members (excludes halogenated alkanes) is 1. The van der Waals surface area contributed by atoms with Crippen molar-refractivity contribution in [3.8, 4) is 0 Å². The van der Waals surface area contributed by atoms with Gasteiger partial charge in [-0.3, -0.25) is 19.0 Å². The fourth-order valence-electron chi connectivity index (χ4n) is 8.85. The highest BCUT2D eigenvalue weighted by molar-refractivity contribution is 5.91. The molecule has 0 radical (unpaired) electrons. The Morgan fingerprint density at radius 2 is 1.48 bits per heavy atom. The van der Waals surface area contributed by atoms with Crippen LogP contribution in [0.25, 0.3) is 11.1 Å². The van der Waals surface area contributed by atoms with Gasteiger partial charge >= 0.3 is 23.8 Å². The van der Waals surface area contributed by atoms with Crippen LogP contribution in [0.3, 0.4) is 0 Å². The van der Waals surface area contributed by atoms with Crippen LogP contribution in [0.15, 0.2) is 45.6 Å². The molecule has 0 aliphatic carbocycles. The topological polar surface area (TPSA) is 164 Å². The fraction of sp³-hybridized carbons (Fsp3) is 0.625. The van der Waals surface area contributed by atoms with Crippen LogP contribution in [0.5, 0.6) is 0 Å². The summed E-state index contributed by atoms with van der Waals surface area (Å²) >= 11 is 0. The summed E-state index contributed by atoms with van der Waals surface area (Å²) < 4.78 is 17.9. The highest BCUT2D eigenvalue weighted by Crippen LogP contribution is 2.27. The summed E-state index contributed by atoms with van der Waals surface area (Å²) in [6.07, 6.45) is 7.07. The van der Waals surface area contributed by atoms with Crippen molar-refractivity contribution in [2.24, 2.45) is 18.9 Å². The predicted molar refractivity (Wildman–Crippen MR) is 242 cm³/mol. The third-order valence-electron chi connectivity index (χ3n) is 12.9. The molecule has 5 heterocycles. The molecule has 7 rings (SSSR count). The number of nitrogens with one attached hydrogen (secondary N) is 1. The molecule has 5 amide bonds. The maximum absolute atomic E-state index is 13.8. The molecular formula is C48H70N6O9. The zero-order valence-corrected chi connectivity index (χ0v) is 37.3. The van der Waals surface area contributed by atoms with E-state index in [9.17, 15) is 28.8 Å². The van der Waals surface area contributed by atoms with Crippen molar-refractivity contribution in [3.05, 3.63) is 63.6 Å². The number of fused-ring (bicyclic) bond motifs is 2. The Bertz CT molecular complexity index is 2090. The van der Waals surface area contributed by atoms with E-state index < -0.39 is 18.0 Å². The first-order chi connectivity index (χ1) is 29.8. The van der Waals surface area contributed by atoms with Gasteiger partial charge in [-0.1, -0.05) is 58.9 Å². The van der Waals surface area contributed by atoms with E-state index in [1.807, 2.05) is 47.1 Å². The molecule has 1 aromatic heterocycles. The highest BCUT2D eigenvalue weighted by Gasteiger charge is 2.35. The maximum atomic E-state index is 13.8. The van der Waals surface area contributed by atoms with Crippen LogP contribution in [-0.2, 0) is 43.7 Å². The number of likely N-dealkylation sites (tertiary alicyclic amines) is 3. The number of oxazole rings is 1. The second kappa shape index (κ2) is 22.8. The Morgan fingerprint density at radius 3 is 2.14 bits per heavy atom. The summed E-state index contributed by atoms with van der Waals surface area (Å²) in [5.41, 5.74) is 4.72. The Balaban J connectivity index is 0.000000333. The third kappa shape index (κ3) is 12.9. The van der Waals surface area contributed by atoms with E-state index in [4.69, 9.17) is 13.9 Å². The second-order valence-electron chi connectivity index (χ2n) is 17.7. The number of carbonyl (C=O) groups excluding carboxylic acids is 5. The summed E-state index contributed by atoms with van der Waals surface area (Å²) in [6, 6.07) is 11.4. The lowest BCUT2D eigenvalue weighted by Gasteiger charge is -2.38. The summed E-state index contributed by atoms with van der Waals surface area (Å²) in [7, 11) is 1.66. The fourth-order valence-corrected chi connectivity index (χ4v) is 8.85. The molecule has 0 unspecified atom stereocenters. The summed E-state index contributed by atoms with van der Waals surface area (Å²) in [6.45, 7) is 13.2. The van der Waals surface area contributed by atoms with Crippen LogP contribution in [-0.4, -0.2) is 119 Å². The highest BCUT2D eigenvalue weighted by atomic mass is 16.6. The van der Waals surface area contributed by atoms with Gasteiger partial charge in [0.05, 0.1) is 18.5 Å². The first-order valence-corrected chi connectivity index (χ1v) is 22.7. The van der Waals surface area contributed by atoms with E-state index in [1.54, 1.807) is 22.9 Å². The van der Waals surface area contributed by atoms with Crippen molar-refractivity contribution in [1.82, 2.24) is 24.2 Å². The molecule has 0 bridgehead atoms. The van der Waals surface area contributed by atoms with Crippen molar-refractivity contribution in [2.75, 3.05) is 57.7 Å². The van der Waals surface area contributed by atoms with E-state index in [0.717, 1.165) is 80.4 Å². The smallest absolute Gasteiger partial charge is 0.419 e. The van der Waals surface area contributed by atoms with Crippen LogP contribution in [0, 0.1) is 18.8 Å². The maximum Gasteiger partial charge on any atom is 0.419 e. The molecule has 1 N–H and O–H groups in total. The number of esters is 1. The van der Waals surface area contributed by atoms with Gasteiger partial charge in [0.15, 0.2) is 11.7 Å². The van der Waals surface area contributed by atoms with E-state index in [-0.39, 0.29) is 50.1 Å². The van der Waals surface area contributed by atoms with Crippen molar-refractivity contribution < 1.29 is 37.9 Å². The largest absolute Gasteiger partial charge is 0.466 e. The minimum atomic E-state index is -1.00. The van der Waals surface area contributed by atoms with Crippen LogP contribution in [0.1, 0.15) is 109 Å². The summed E-state index contributed by atoms with van der Waals surface area (Å²) in [4.78, 5) is 82.8. The number of para-hydroxylation sites is 1. The Hall–Kier alpha value is -5.34. The minimum absolute atomic E-state index is 0. The monoisotopic (exact) mass is 875 g/mol. The predicted octanol–water partition coefficient (Wildman–Crippen LogP) is 7.31. The molecule has 15 heteroatoms. The van der Waals surface area contributed by atoms with Gasteiger partial charge in [-0.2, -0.15) is 0 Å². The average molecular weight is 875 g/mol. The van der Waals surface area contributed by atoms with E-state index in [2.05, 4.69) is 26.1 Å². The van der Waals surface area contributed by atoms with Gasteiger partial charge in [0.1, 0.15) is 0 Å². The number of aryl methyl sites for hydroxylation is 2. The molecule has 3 fully saturated rings. The van der Waals surface area contributed by atoms with Crippen molar-refractivity contribution >= 4 is 46.7 Å². The molecule has 2 aromatic carbocycles. The molecule has 346 valence electrons. The lowest BCUT2D eigenvalue weighted by molar-refractivity contribution is -0.146. The Labute approximate surface area is 372 Å². The number of urea groups is 1. The first kappa shape index (κ1) is 48.7. The van der Waals surface area contributed by atoms with E-state index in [1.165, 1.54) is 4.57 Å². The van der Waals surface area contributed by atoms with Gasteiger partial charge < -0.3 is 38.8 Å². The molecule has 3 saturated heterocycles. The molecular weight excluding hydrogens is 805 g/mol. The molecule has 3 aromatic rings. The number of nitrogens with zero attached hydrogens (tertiary/aromatic N) is 5. The molecule has 1 atom stereocenters. The lowest BCUT2D eigenvalue weighted by Crippen LogP contribution is -2.51. The first-order valence-electron chi connectivity index (χ1n) is 22.7. The number of hydrogen-bond donors (Lipinski definition) is 1. The average Bonchev–Trinajstić information content (AvgIpc) is 3.44. The Kier molecular flexibility index (Phi) is 17.7. The number of aromatic nitrogens is 1. The Morgan fingerprint density at radius 1 is 0.841 bits per heavy atom. The van der Waals surface area contributed by atoms with Crippen LogP contribution in [0.2, 0.25) is 0 Å². The van der Waals surface area contributed by atoms with Gasteiger partial charge in [-0.05, 0) is 98.9 Å².